The Kier molecular flexibility index (Phi) is 4.58. The lowest BCUT2D eigenvalue weighted by molar-refractivity contribution is 0.379. The van der Waals surface area contributed by atoms with Crippen LogP contribution in [-0.2, 0) is 9.84 Å². The van der Waals surface area contributed by atoms with Crippen molar-refractivity contribution in [1.82, 2.24) is 15.0 Å². The molecule has 0 saturated carbocycles. The lowest BCUT2D eigenvalue weighted by Gasteiger charge is -2.12. The van der Waals surface area contributed by atoms with Crippen LogP contribution in [0.25, 0.3) is 0 Å². The zero-order valence-corrected chi connectivity index (χ0v) is 12.4. The van der Waals surface area contributed by atoms with Crippen molar-refractivity contribution >= 4 is 21.7 Å². The Labute approximate surface area is 118 Å². The van der Waals surface area contributed by atoms with Gasteiger partial charge < -0.3 is 15.4 Å². The first kappa shape index (κ1) is 14.8. The summed E-state index contributed by atoms with van der Waals surface area (Å²) in [5.74, 6) is 0.980. The van der Waals surface area contributed by atoms with Crippen LogP contribution in [0.3, 0.4) is 0 Å². The maximum absolute atomic E-state index is 11.7. The van der Waals surface area contributed by atoms with E-state index in [2.05, 4.69) is 25.6 Å². The van der Waals surface area contributed by atoms with Gasteiger partial charge in [-0.3, -0.25) is 0 Å². The predicted octanol–water partition coefficient (Wildman–Crippen LogP) is 0.301. The van der Waals surface area contributed by atoms with Crippen molar-refractivity contribution in [3.63, 3.8) is 0 Å². The van der Waals surface area contributed by atoms with Crippen LogP contribution in [-0.4, -0.2) is 54.6 Å². The average molecular weight is 301 g/mol. The van der Waals surface area contributed by atoms with Gasteiger partial charge in [0.1, 0.15) is 0 Å². The first-order valence-corrected chi connectivity index (χ1v) is 8.26. The molecule has 1 aromatic rings. The molecule has 0 spiro atoms. The third kappa shape index (κ3) is 3.47. The lowest BCUT2D eigenvalue weighted by atomic mass is 10.2. The van der Waals surface area contributed by atoms with Crippen molar-refractivity contribution < 1.29 is 13.2 Å². The normalized spacial score (nSPS) is 20.6. The molecule has 0 bridgehead atoms. The summed E-state index contributed by atoms with van der Waals surface area (Å²) in [4.78, 5) is 12.2. The number of anilines is 2. The minimum absolute atomic E-state index is 0.188. The van der Waals surface area contributed by atoms with Crippen LogP contribution in [0.2, 0.25) is 0 Å². The van der Waals surface area contributed by atoms with E-state index in [1.165, 1.54) is 7.11 Å². The molecule has 1 aliphatic heterocycles. The fourth-order valence-electron chi connectivity index (χ4n) is 2.06. The SMILES string of the molecule is CCNc1nc(NCC2CCCS2(=O)=O)nc(OC)n1. The van der Waals surface area contributed by atoms with E-state index in [9.17, 15) is 8.42 Å². The van der Waals surface area contributed by atoms with Gasteiger partial charge in [-0.25, -0.2) is 8.42 Å². The molecule has 20 heavy (non-hydrogen) atoms. The largest absolute Gasteiger partial charge is 0.467 e. The minimum atomic E-state index is -2.97. The molecular weight excluding hydrogens is 282 g/mol. The topological polar surface area (TPSA) is 106 Å². The number of hydrogen-bond acceptors (Lipinski definition) is 8. The average Bonchev–Trinajstić information content (AvgIpc) is 2.75. The summed E-state index contributed by atoms with van der Waals surface area (Å²) in [6, 6.07) is 0.188. The van der Waals surface area contributed by atoms with Crippen molar-refractivity contribution in [3.8, 4) is 6.01 Å². The van der Waals surface area contributed by atoms with Crippen LogP contribution in [0.15, 0.2) is 0 Å². The van der Waals surface area contributed by atoms with Crippen molar-refractivity contribution in [2.24, 2.45) is 0 Å². The summed E-state index contributed by atoms with van der Waals surface area (Å²) in [5.41, 5.74) is 0. The van der Waals surface area contributed by atoms with Gasteiger partial charge in [0, 0.05) is 13.1 Å². The molecule has 1 saturated heterocycles. The smallest absolute Gasteiger partial charge is 0.322 e. The van der Waals surface area contributed by atoms with Gasteiger partial charge in [0.25, 0.3) is 0 Å². The highest BCUT2D eigenvalue weighted by molar-refractivity contribution is 7.92. The zero-order valence-electron chi connectivity index (χ0n) is 11.6. The predicted molar refractivity (Wildman–Crippen MR) is 75.8 cm³/mol. The molecule has 1 atom stereocenters. The van der Waals surface area contributed by atoms with E-state index in [4.69, 9.17) is 4.74 Å². The van der Waals surface area contributed by atoms with Gasteiger partial charge in [0.2, 0.25) is 11.9 Å². The van der Waals surface area contributed by atoms with E-state index in [1.807, 2.05) is 6.92 Å². The Morgan fingerprint density at radius 3 is 2.50 bits per heavy atom. The van der Waals surface area contributed by atoms with E-state index in [0.29, 0.717) is 31.4 Å². The molecule has 0 radical (unpaired) electrons. The Hall–Kier alpha value is -1.64. The number of nitrogens with zero attached hydrogens (tertiary/aromatic N) is 3. The molecule has 2 rings (SSSR count). The van der Waals surface area contributed by atoms with Gasteiger partial charge in [-0.1, -0.05) is 0 Å². The highest BCUT2D eigenvalue weighted by Crippen LogP contribution is 2.20. The molecule has 8 nitrogen and oxygen atoms in total. The maximum atomic E-state index is 11.7. The number of rotatable bonds is 6. The number of sulfone groups is 1. The molecule has 1 aliphatic rings. The molecule has 0 aliphatic carbocycles. The molecule has 112 valence electrons. The highest BCUT2D eigenvalue weighted by Gasteiger charge is 2.31. The Morgan fingerprint density at radius 1 is 1.25 bits per heavy atom. The van der Waals surface area contributed by atoms with Gasteiger partial charge in [0.15, 0.2) is 9.84 Å². The van der Waals surface area contributed by atoms with Gasteiger partial charge in [-0.2, -0.15) is 15.0 Å². The van der Waals surface area contributed by atoms with E-state index < -0.39 is 9.84 Å². The van der Waals surface area contributed by atoms with Gasteiger partial charge in [-0.15, -0.1) is 0 Å². The minimum Gasteiger partial charge on any atom is -0.467 e. The molecule has 0 aromatic carbocycles. The second kappa shape index (κ2) is 6.21. The maximum Gasteiger partial charge on any atom is 0.322 e. The summed E-state index contributed by atoms with van der Waals surface area (Å²) >= 11 is 0. The summed E-state index contributed by atoms with van der Waals surface area (Å²) in [6.45, 7) is 2.90. The molecular formula is C11H19N5O3S. The van der Waals surface area contributed by atoms with Gasteiger partial charge in [-0.05, 0) is 19.8 Å². The Balaban J connectivity index is 2.07. The quantitative estimate of drug-likeness (QED) is 0.773. The number of methoxy groups -OCH3 is 1. The van der Waals surface area contributed by atoms with E-state index in [0.717, 1.165) is 6.42 Å². The van der Waals surface area contributed by atoms with Crippen LogP contribution >= 0.6 is 0 Å². The third-order valence-corrected chi connectivity index (χ3v) is 5.36. The summed E-state index contributed by atoms with van der Waals surface area (Å²) in [7, 11) is -1.51. The number of ether oxygens (including phenoxy) is 1. The Bertz CT molecular complexity index is 563. The Morgan fingerprint density at radius 2 is 1.95 bits per heavy atom. The first-order valence-electron chi connectivity index (χ1n) is 6.54. The van der Waals surface area contributed by atoms with E-state index in [-0.39, 0.29) is 17.0 Å². The second-order valence-electron chi connectivity index (χ2n) is 4.51. The first-order chi connectivity index (χ1) is 9.55. The standard InChI is InChI=1S/C11H19N5O3S/c1-3-12-9-14-10(16-11(15-9)19-2)13-7-8-5-4-6-20(8,17)18/h8H,3-7H2,1-2H3,(H2,12,13,14,15,16). The zero-order chi connectivity index (χ0) is 14.6. The summed E-state index contributed by atoms with van der Waals surface area (Å²) < 4.78 is 28.5. The van der Waals surface area contributed by atoms with Crippen LogP contribution in [0, 0.1) is 0 Å². The summed E-state index contributed by atoms with van der Waals surface area (Å²) in [5, 5.41) is 5.55. The molecule has 2 N–H and O–H groups in total. The molecule has 1 unspecified atom stereocenters. The second-order valence-corrected chi connectivity index (χ2v) is 6.91. The van der Waals surface area contributed by atoms with Crippen LogP contribution in [0.1, 0.15) is 19.8 Å². The number of aromatic nitrogens is 3. The fourth-order valence-corrected chi connectivity index (χ4v) is 3.82. The van der Waals surface area contributed by atoms with E-state index in [1.54, 1.807) is 0 Å². The molecule has 0 amide bonds. The van der Waals surface area contributed by atoms with Crippen LogP contribution in [0.4, 0.5) is 11.9 Å². The number of nitrogens with one attached hydrogen (secondary N) is 2. The van der Waals surface area contributed by atoms with Crippen LogP contribution < -0.4 is 15.4 Å². The van der Waals surface area contributed by atoms with Gasteiger partial charge >= 0.3 is 6.01 Å². The van der Waals surface area contributed by atoms with Crippen molar-refractivity contribution in [3.05, 3.63) is 0 Å². The molecule has 1 aromatic heterocycles. The van der Waals surface area contributed by atoms with Crippen LogP contribution in [0.5, 0.6) is 6.01 Å². The number of hydrogen-bond donors (Lipinski definition) is 2. The molecule has 1 fully saturated rings. The molecule has 2 heterocycles. The highest BCUT2D eigenvalue weighted by atomic mass is 32.2. The summed E-state index contributed by atoms with van der Waals surface area (Å²) in [6.07, 6.45) is 1.40. The van der Waals surface area contributed by atoms with Crippen molar-refractivity contribution in [2.45, 2.75) is 25.0 Å². The van der Waals surface area contributed by atoms with Gasteiger partial charge in [0.05, 0.1) is 18.1 Å². The van der Waals surface area contributed by atoms with E-state index >= 15 is 0 Å². The van der Waals surface area contributed by atoms with Crippen molar-refractivity contribution in [1.29, 1.82) is 0 Å². The van der Waals surface area contributed by atoms with Crippen molar-refractivity contribution in [2.75, 3.05) is 36.6 Å². The molecule has 9 heteroatoms. The lowest BCUT2D eigenvalue weighted by Crippen LogP contribution is -2.26. The fraction of sp³-hybridized carbons (Fsp3) is 0.727. The monoisotopic (exact) mass is 301 g/mol. The third-order valence-electron chi connectivity index (χ3n) is 3.08.